The molecule has 0 aliphatic rings. The third kappa shape index (κ3) is 4.17. The molecule has 0 fully saturated rings. The molecule has 0 heterocycles. The summed E-state index contributed by atoms with van der Waals surface area (Å²) in [5, 5.41) is 3.00. The number of halogens is 2. The van der Waals surface area contributed by atoms with E-state index in [0.717, 1.165) is 11.6 Å². The van der Waals surface area contributed by atoms with Gasteiger partial charge >= 0.3 is 0 Å². The van der Waals surface area contributed by atoms with Crippen molar-refractivity contribution in [3.8, 4) is 11.5 Å². The van der Waals surface area contributed by atoms with Gasteiger partial charge in [-0.3, -0.25) is 4.79 Å². The fourth-order valence-electron chi connectivity index (χ4n) is 2.26. The number of nitrogens with one attached hydrogen (secondary N) is 1. The first-order valence-electron chi connectivity index (χ1n) is 7.53. The van der Waals surface area contributed by atoms with Crippen LogP contribution in [0.5, 0.6) is 11.5 Å². The van der Waals surface area contributed by atoms with E-state index in [2.05, 4.69) is 5.32 Å². The van der Waals surface area contributed by atoms with Crippen LogP contribution in [0, 0.1) is 5.82 Å². The number of hydrogen-bond donors (Lipinski definition) is 1. The number of ether oxygens (including phenoxy) is 2. The minimum absolute atomic E-state index is 0.0517. The SMILES string of the molecule is CCOc1ccc([C@@H](C)NC(=O)c2ccc(Cl)cc2F)cc1OC. The highest BCUT2D eigenvalue weighted by Crippen LogP contribution is 2.30. The maximum atomic E-state index is 13.8. The zero-order chi connectivity index (χ0) is 17.7. The standard InChI is InChI=1S/C18H19ClFNO3/c1-4-24-16-8-5-12(9-17(16)23-3)11(2)21-18(22)14-7-6-13(19)10-15(14)20/h5-11H,4H2,1-3H3,(H,21,22)/t11-/m1/s1. The van der Waals surface area contributed by atoms with Crippen molar-refractivity contribution in [1.29, 1.82) is 0 Å². The van der Waals surface area contributed by atoms with Gasteiger partial charge in [0, 0.05) is 5.02 Å². The van der Waals surface area contributed by atoms with Gasteiger partial charge in [0.05, 0.1) is 25.3 Å². The maximum Gasteiger partial charge on any atom is 0.254 e. The molecule has 24 heavy (non-hydrogen) atoms. The van der Waals surface area contributed by atoms with Crippen molar-refractivity contribution in [1.82, 2.24) is 5.32 Å². The second-order valence-electron chi connectivity index (χ2n) is 5.16. The van der Waals surface area contributed by atoms with Crippen molar-refractivity contribution in [2.24, 2.45) is 0 Å². The summed E-state index contributed by atoms with van der Waals surface area (Å²) >= 11 is 5.70. The van der Waals surface area contributed by atoms with Crippen molar-refractivity contribution in [3.05, 3.63) is 58.4 Å². The Morgan fingerprint density at radius 1 is 1.25 bits per heavy atom. The van der Waals surface area contributed by atoms with Crippen molar-refractivity contribution < 1.29 is 18.7 Å². The minimum Gasteiger partial charge on any atom is -0.493 e. The fraction of sp³-hybridized carbons (Fsp3) is 0.278. The predicted octanol–water partition coefficient (Wildman–Crippen LogP) is 4.38. The number of rotatable bonds is 6. The zero-order valence-corrected chi connectivity index (χ0v) is 14.5. The van der Waals surface area contributed by atoms with Crippen LogP contribution in [0.1, 0.15) is 35.8 Å². The molecule has 4 nitrogen and oxygen atoms in total. The lowest BCUT2D eigenvalue weighted by Gasteiger charge is -2.17. The van der Waals surface area contributed by atoms with Crippen LogP contribution >= 0.6 is 11.6 Å². The van der Waals surface area contributed by atoms with E-state index in [9.17, 15) is 9.18 Å². The van der Waals surface area contributed by atoms with Crippen LogP contribution in [-0.4, -0.2) is 19.6 Å². The highest BCUT2D eigenvalue weighted by Gasteiger charge is 2.17. The predicted molar refractivity (Wildman–Crippen MR) is 91.5 cm³/mol. The summed E-state index contributed by atoms with van der Waals surface area (Å²) in [7, 11) is 1.55. The first kappa shape index (κ1) is 18.1. The molecule has 0 aromatic heterocycles. The minimum atomic E-state index is -0.656. The first-order chi connectivity index (χ1) is 11.5. The average Bonchev–Trinajstić information content (AvgIpc) is 2.55. The van der Waals surface area contributed by atoms with E-state index in [1.807, 2.05) is 13.0 Å². The van der Waals surface area contributed by atoms with Crippen LogP contribution in [0.4, 0.5) is 4.39 Å². The summed E-state index contributed by atoms with van der Waals surface area (Å²) in [6, 6.07) is 9.01. The third-order valence-corrected chi connectivity index (χ3v) is 3.75. The van der Waals surface area contributed by atoms with Crippen molar-refractivity contribution in [2.75, 3.05) is 13.7 Å². The quantitative estimate of drug-likeness (QED) is 0.840. The van der Waals surface area contributed by atoms with Crippen molar-refractivity contribution in [2.45, 2.75) is 19.9 Å². The molecule has 0 radical (unpaired) electrons. The maximum absolute atomic E-state index is 13.8. The van der Waals surface area contributed by atoms with E-state index in [0.29, 0.717) is 18.1 Å². The van der Waals surface area contributed by atoms with Gasteiger partial charge in [-0.1, -0.05) is 17.7 Å². The van der Waals surface area contributed by atoms with Gasteiger partial charge in [0.25, 0.3) is 5.91 Å². The van der Waals surface area contributed by atoms with Crippen LogP contribution in [0.25, 0.3) is 0 Å². The van der Waals surface area contributed by atoms with Gasteiger partial charge in [-0.05, 0) is 49.7 Å². The molecule has 0 saturated carbocycles. The summed E-state index contributed by atoms with van der Waals surface area (Å²) in [4.78, 5) is 12.2. The lowest BCUT2D eigenvalue weighted by atomic mass is 10.1. The summed E-state index contributed by atoms with van der Waals surface area (Å²) in [5.41, 5.74) is 0.766. The van der Waals surface area contributed by atoms with E-state index < -0.39 is 11.7 Å². The van der Waals surface area contributed by atoms with Gasteiger partial charge in [-0.15, -0.1) is 0 Å². The smallest absolute Gasteiger partial charge is 0.254 e. The number of carbonyl (C=O) groups is 1. The molecule has 1 atom stereocenters. The average molecular weight is 352 g/mol. The molecule has 0 saturated heterocycles. The molecule has 2 rings (SSSR count). The van der Waals surface area contributed by atoms with Crippen LogP contribution < -0.4 is 14.8 Å². The van der Waals surface area contributed by atoms with Crippen LogP contribution in [0.2, 0.25) is 5.02 Å². The Hall–Kier alpha value is -2.27. The van der Waals surface area contributed by atoms with Gasteiger partial charge in [-0.25, -0.2) is 4.39 Å². The number of hydrogen-bond acceptors (Lipinski definition) is 3. The molecular formula is C18H19ClFNO3. The molecule has 0 bridgehead atoms. The molecule has 0 unspecified atom stereocenters. The molecular weight excluding hydrogens is 333 g/mol. The van der Waals surface area contributed by atoms with E-state index >= 15 is 0 Å². The highest BCUT2D eigenvalue weighted by atomic mass is 35.5. The van der Waals surface area contributed by atoms with Crippen molar-refractivity contribution in [3.63, 3.8) is 0 Å². The first-order valence-corrected chi connectivity index (χ1v) is 7.90. The topological polar surface area (TPSA) is 47.6 Å². The second-order valence-corrected chi connectivity index (χ2v) is 5.60. The van der Waals surface area contributed by atoms with Crippen LogP contribution in [0.3, 0.4) is 0 Å². The second kappa shape index (κ2) is 8.02. The highest BCUT2D eigenvalue weighted by molar-refractivity contribution is 6.30. The number of carbonyl (C=O) groups excluding carboxylic acids is 1. The molecule has 1 N–H and O–H groups in total. The lowest BCUT2D eigenvalue weighted by molar-refractivity contribution is 0.0936. The Morgan fingerprint density at radius 2 is 2.00 bits per heavy atom. The summed E-state index contributed by atoms with van der Waals surface area (Å²) in [6.45, 7) is 4.22. The van der Waals surface area contributed by atoms with E-state index in [4.69, 9.17) is 21.1 Å². The summed E-state index contributed by atoms with van der Waals surface area (Å²) in [6.07, 6.45) is 0. The molecule has 128 valence electrons. The fourth-order valence-corrected chi connectivity index (χ4v) is 2.42. The van der Waals surface area contributed by atoms with Gasteiger partial charge < -0.3 is 14.8 Å². The Balaban J connectivity index is 2.16. The summed E-state index contributed by atoms with van der Waals surface area (Å²) < 4.78 is 24.6. The van der Waals surface area contributed by atoms with Gasteiger partial charge in [0.15, 0.2) is 11.5 Å². The molecule has 0 aliphatic carbocycles. The lowest BCUT2D eigenvalue weighted by Crippen LogP contribution is -2.27. The molecule has 0 spiro atoms. The molecule has 2 aromatic rings. The Bertz CT molecular complexity index is 736. The molecule has 1 amide bonds. The van der Waals surface area contributed by atoms with Crippen molar-refractivity contribution >= 4 is 17.5 Å². The van der Waals surface area contributed by atoms with Crippen LogP contribution in [0.15, 0.2) is 36.4 Å². The molecule has 6 heteroatoms. The monoisotopic (exact) mass is 351 g/mol. The van der Waals surface area contributed by atoms with Gasteiger partial charge in [0.2, 0.25) is 0 Å². The third-order valence-electron chi connectivity index (χ3n) is 3.51. The largest absolute Gasteiger partial charge is 0.493 e. The van der Waals surface area contributed by atoms with Gasteiger partial charge in [0.1, 0.15) is 5.82 Å². The number of methoxy groups -OCH3 is 1. The molecule has 0 aliphatic heterocycles. The van der Waals surface area contributed by atoms with E-state index in [-0.39, 0.29) is 16.6 Å². The molecule has 2 aromatic carbocycles. The number of benzene rings is 2. The van der Waals surface area contributed by atoms with E-state index in [1.165, 1.54) is 12.1 Å². The van der Waals surface area contributed by atoms with Gasteiger partial charge in [-0.2, -0.15) is 0 Å². The van der Waals surface area contributed by atoms with Crippen LogP contribution in [-0.2, 0) is 0 Å². The number of amides is 1. The van der Waals surface area contributed by atoms with E-state index in [1.54, 1.807) is 26.2 Å². The normalized spacial score (nSPS) is 11.7. The zero-order valence-electron chi connectivity index (χ0n) is 13.7. The Morgan fingerprint density at radius 3 is 2.62 bits per heavy atom. The Labute approximate surface area is 145 Å². The summed E-state index contributed by atoms with van der Waals surface area (Å²) in [5.74, 6) is 0.0418. The Kier molecular flexibility index (Phi) is 6.04.